The monoisotopic (exact) mass is 612 g/mol. The number of carbonyl (C=O) groups is 1. The topological polar surface area (TPSA) is 78.9 Å². The Balaban J connectivity index is 1.42. The summed E-state index contributed by atoms with van der Waals surface area (Å²) in [4.78, 5) is 16.0. The van der Waals surface area contributed by atoms with Gasteiger partial charge >= 0.3 is 0 Å². The van der Waals surface area contributed by atoms with Gasteiger partial charge in [0.05, 0.1) is 22.0 Å². The molecular formula is C34H45ClN2O4S. The highest BCUT2D eigenvalue weighted by Gasteiger charge is 2.44. The van der Waals surface area contributed by atoms with Gasteiger partial charge in [-0.2, -0.15) is 0 Å². The zero-order valence-corrected chi connectivity index (χ0v) is 26.5. The number of aliphatic hydroxyl groups is 1. The van der Waals surface area contributed by atoms with Gasteiger partial charge in [0.1, 0.15) is 5.75 Å². The first-order valence-electron chi connectivity index (χ1n) is 15.7. The first-order valence-corrected chi connectivity index (χ1v) is 17.9. The van der Waals surface area contributed by atoms with Crippen LogP contribution >= 0.6 is 11.6 Å². The minimum atomic E-state index is -2.87. The Labute approximate surface area is 256 Å². The molecule has 0 radical (unpaired) electrons. The molecule has 1 amide bonds. The molecule has 1 saturated carbocycles. The number of hydrogen-bond donors (Lipinski definition) is 2. The fourth-order valence-electron chi connectivity index (χ4n) is 8.04. The van der Waals surface area contributed by atoms with Gasteiger partial charge < -0.3 is 14.7 Å². The lowest BCUT2D eigenvalue weighted by molar-refractivity contribution is 0.0569. The van der Waals surface area contributed by atoms with Gasteiger partial charge in [-0.1, -0.05) is 31.0 Å². The van der Waals surface area contributed by atoms with Gasteiger partial charge in [-0.15, -0.1) is 0 Å². The number of nitrogens with zero attached hydrogens (tertiary/aromatic N) is 1. The number of anilines is 1. The minimum Gasteiger partial charge on any atom is -0.490 e. The number of carbonyl (C=O) groups excluding carboxylic acids is 1. The van der Waals surface area contributed by atoms with Gasteiger partial charge in [0.15, 0.2) is 0 Å². The molecule has 2 aliphatic carbocycles. The second-order valence-corrected chi connectivity index (χ2v) is 16.3. The molecule has 2 aliphatic heterocycles. The number of nitrogens with one attached hydrogen (secondary N) is 1. The van der Waals surface area contributed by atoms with E-state index in [0.717, 1.165) is 80.9 Å². The van der Waals surface area contributed by atoms with Crippen molar-refractivity contribution in [3.05, 3.63) is 58.1 Å². The normalized spacial score (nSPS) is 35.2. The first kappa shape index (κ1) is 29.8. The molecule has 42 heavy (non-hydrogen) atoms. The van der Waals surface area contributed by atoms with Gasteiger partial charge in [0, 0.05) is 40.9 Å². The van der Waals surface area contributed by atoms with Gasteiger partial charge in [-0.3, -0.25) is 9.52 Å². The van der Waals surface area contributed by atoms with Crippen LogP contribution in [0.4, 0.5) is 5.69 Å². The average molecular weight is 613 g/mol. The van der Waals surface area contributed by atoms with E-state index in [1.54, 1.807) is 6.07 Å². The maximum absolute atomic E-state index is 13.7. The van der Waals surface area contributed by atoms with Crippen LogP contribution in [0.1, 0.15) is 80.3 Å². The zero-order valence-electron chi connectivity index (χ0n) is 24.9. The van der Waals surface area contributed by atoms with Crippen molar-refractivity contribution >= 4 is 38.8 Å². The van der Waals surface area contributed by atoms with Crippen LogP contribution in [0.3, 0.4) is 0 Å². The van der Waals surface area contributed by atoms with Crippen LogP contribution in [0.5, 0.6) is 5.75 Å². The van der Waals surface area contributed by atoms with Crippen molar-refractivity contribution in [1.82, 2.24) is 4.72 Å². The van der Waals surface area contributed by atoms with Crippen molar-refractivity contribution in [3.63, 3.8) is 0 Å². The summed E-state index contributed by atoms with van der Waals surface area (Å²) in [5.41, 5.74) is 3.80. The van der Waals surface area contributed by atoms with Gasteiger partial charge in [0.25, 0.3) is 5.91 Å². The molecule has 8 heteroatoms. The van der Waals surface area contributed by atoms with E-state index >= 15 is 0 Å². The lowest BCUT2D eigenvalue weighted by Crippen LogP contribution is -2.49. The molecule has 4 aliphatic rings. The fraction of sp³-hybridized carbons (Fsp3) is 0.588. The number of amides is 1. The molecule has 1 unspecified atom stereocenters. The maximum Gasteiger partial charge on any atom is 0.262 e. The number of hydrogen-bond acceptors (Lipinski definition) is 5. The first-order chi connectivity index (χ1) is 20.1. The molecule has 2 aromatic rings. The fourth-order valence-corrected chi connectivity index (χ4v) is 9.74. The van der Waals surface area contributed by atoms with Crippen molar-refractivity contribution in [2.45, 2.75) is 75.9 Å². The SMILES string of the molecule is C=S1(=O)NC(=O)c2ccc3c(c2)N(C[C@@H]2CC[C@H]2[C@H](CO)CCC[C@H](C)[C@H]1C)C[C@@]1(CCCc2cc(Cl)ccc21)CO3. The Kier molecular flexibility index (Phi) is 8.31. The van der Waals surface area contributed by atoms with Gasteiger partial charge in [0.2, 0.25) is 0 Å². The highest BCUT2D eigenvalue weighted by Crippen LogP contribution is 2.48. The summed E-state index contributed by atoms with van der Waals surface area (Å²) in [6, 6.07) is 11.9. The van der Waals surface area contributed by atoms with E-state index in [1.807, 2.05) is 25.1 Å². The molecule has 228 valence electrons. The second kappa shape index (κ2) is 11.7. The highest BCUT2D eigenvalue weighted by molar-refractivity contribution is 7.99. The largest absolute Gasteiger partial charge is 0.490 e. The van der Waals surface area contributed by atoms with Crippen LogP contribution in [0.2, 0.25) is 5.02 Å². The summed E-state index contributed by atoms with van der Waals surface area (Å²) in [5.74, 6) is 5.75. The maximum atomic E-state index is 13.7. The Morgan fingerprint density at radius 3 is 2.74 bits per heavy atom. The molecule has 6 rings (SSSR count). The van der Waals surface area contributed by atoms with Gasteiger partial charge in [-0.25, -0.2) is 4.21 Å². The molecule has 7 atom stereocenters. The van der Waals surface area contributed by atoms with E-state index in [-0.39, 0.29) is 35.0 Å². The molecule has 1 fully saturated rings. The molecule has 2 bridgehead atoms. The van der Waals surface area contributed by atoms with Crippen LogP contribution < -0.4 is 14.4 Å². The van der Waals surface area contributed by atoms with E-state index in [1.165, 1.54) is 11.1 Å². The van der Waals surface area contributed by atoms with E-state index in [2.05, 4.69) is 34.5 Å². The average Bonchev–Trinajstić information content (AvgIpc) is 3.10. The number of fused-ring (bicyclic) bond motifs is 4. The summed E-state index contributed by atoms with van der Waals surface area (Å²) >= 11 is 6.42. The van der Waals surface area contributed by atoms with Crippen molar-refractivity contribution in [1.29, 1.82) is 0 Å². The molecule has 2 aromatic carbocycles. The predicted molar refractivity (Wildman–Crippen MR) is 172 cm³/mol. The van der Waals surface area contributed by atoms with Crippen molar-refractivity contribution < 1.29 is 18.8 Å². The Morgan fingerprint density at radius 1 is 1.14 bits per heavy atom. The summed E-state index contributed by atoms with van der Waals surface area (Å²) in [6.07, 6.45) is 8.21. The number of halogens is 1. The quantitative estimate of drug-likeness (QED) is 0.385. The Morgan fingerprint density at radius 2 is 1.98 bits per heavy atom. The molecular weight excluding hydrogens is 568 g/mol. The van der Waals surface area contributed by atoms with Gasteiger partial charge in [-0.05, 0) is 123 Å². The van der Waals surface area contributed by atoms with Crippen LogP contribution in [-0.4, -0.2) is 52.6 Å². The lowest BCUT2D eigenvalue weighted by Gasteiger charge is -2.46. The Hall–Kier alpha value is -2.22. The Bertz CT molecular complexity index is 1450. The van der Waals surface area contributed by atoms with Crippen molar-refractivity contribution in [3.8, 4) is 5.75 Å². The van der Waals surface area contributed by atoms with E-state index < -0.39 is 9.71 Å². The van der Waals surface area contributed by atoms with Crippen LogP contribution in [-0.2, 0) is 21.5 Å². The molecule has 2 heterocycles. The number of rotatable bonds is 1. The number of benzene rings is 2. The third kappa shape index (κ3) is 5.57. The number of aryl methyl sites for hydroxylation is 1. The highest BCUT2D eigenvalue weighted by atomic mass is 35.5. The van der Waals surface area contributed by atoms with Crippen molar-refractivity contribution in [2.24, 2.45) is 23.7 Å². The second-order valence-electron chi connectivity index (χ2n) is 13.5. The standard InChI is InChI=1S/C34H45ClN2O4S/c1-22-6-4-7-27(19-38)29-12-9-26(29)18-37-20-34(15-5-8-24-16-28(35)11-13-30(24)34)21-41-32-14-10-25(17-31(32)37)33(39)36-42(3,40)23(22)2/h10-11,13-14,16-17,22-23,26-27,29,38H,3-9,12,15,18-21H2,1-2H3,(H,36,39,40)/t22-,23+,26-,27-,29+,34-,42?/m0/s1. The minimum absolute atomic E-state index is 0.139. The summed E-state index contributed by atoms with van der Waals surface area (Å²) < 4.78 is 23.1. The lowest BCUT2D eigenvalue weighted by atomic mass is 9.65. The van der Waals surface area contributed by atoms with Crippen LogP contribution in [0.25, 0.3) is 0 Å². The van der Waals surface area contributed by atoms with E-state index in [4.69, 9.17) is 16.3 Å². The number of ether oxygens (including phenoxy) is 1. The smallest absolute Gasteiger partial charge is 0.262 e. The molecule has 1 spiro atoms. The summed E-state index contributed by atoms with van der Waals surface area (Å²) in [7, 11) is -2.87. The summed E-state index contributed by atoms with van der Waals surface area (Å²) in [6.45, 7) is 6.42. The predicted octanol–water partition coefficient (Wildman–Crippen LogP) is 6.02. The van der Waals surface area contributed by atoms with E-state index in [0.29, 0.717) is 24.0 Å². The van der Waals surface area contributed by atoms with Crippen LogP contribution in [0.15, 0.2) is 36.4 Å². The van der Waals surface area contributed by atoms with Crippen LogP contribution in [0, 0.1) is 23.7 Å². The third-order valence-corrected chi connectivity index (χ3v) is 13.4. The molecule has 0 aromatic heterocycles. The molecule has 2 N–H and O–H groups in total. The van der Waals surface area contributed by atoms with E-state index in [9.17, 15) is 14.1 Å². The van der Waals surface area contributed by atoms with Crippen molar-refractivity contribution in [2.75, 3.05) is 31.2 Å². The zero-order chi connectivity index (χ0) is 29.6. The summed E-state index contributed by atoms with van der Waals surface area (Å²) in [5, 5.41) is 10.9. The molecule has 0 saturated heterocycles. The molecule has 6 nitrogen and oxygen atoms in total. The number of aliphatic hydroxyl groups excluding tert-OH is 1. The third-order valence-electron chi connectivity index (χ3n) is 11.0.